The van der Waals surface area contributed by atoms with E-state index in [4.69, 9.17) is 34.5 Å². The molecule has 3 aromatic rings. The number of aliphatic hydroxyl groups is 1. The minimum atomic E-state index is -0.739. The van der Waals surface area contributed by atoms with E-state index in [0.29, 0.717) is 55.4 Å². The van der Waals surface area contributed by atoms with Crippen LogP contribution >= 0.6 is 0 Å². The molecule has 0 fully saturated rings. The van der Waals surface area contributed by atoms with E-state index in [1.165, 1.54) is 7.11 Å². The Morgan fingerprint density at radius 2 is 1.56 bits per heavy atom. The van der Waals surface area contributed by atoms with Crippen molar-refractivity contribution in [2.45, 2.75) is 32.1 Å². The summed E-state index contributed by atoms with van der Waals surface area (Å²) in [6.07, 6.45) is 1.59. The summed E-state index contributed by atoms with van der Waals surface area (Å²) in [7, 11) is 1.33. The van der Waals surface area contributed by atoms with Crippen LogP contribution in [0.1, 0.15) is 51.1 Å². The highest BCUT2D eigenvalue weighted by atomic mass is 16.7. The molecule has 4 rings (SSSR count). The second-order valence-corrected chi connectivity index (χ2v) is 10.9. The number of aliphatic hydroxyl groups excluding tert-OH is 1. The number of hydrogen-bond acceptors (Lipinski definition) is 10. The number of carbonyl (C=O) groups is 3. The zero-order chi connectivity index (χ0) is 34.3. The van der Waals surface area contributed by atoms with Crippen molar-refractivity contribution in [1.82, 2.24) is 5.32 Å². The molecular weight excluding hydrogens is 618 g/mol. The Kier molecular flexibility index (Phi) is 13.9. The second kappa shape index (κ2) is 18.6. The molecule has 3 atom stereocenters. The Hall–Kier alpha value is -4.75. The van der Waals surface area contributed by atoms with Crippen LogP contribution in [0.4, 0.5) is 11.4 Å². The van der Waals surface area contributed by atoms with E-state index in [1.807, 2.05) is 19.1 Å². The molecule has 0 saturated carbocycles. The van der Waals surface area contributed by atoms with Crippen molar-refractivity contribution in [2.24, 2.45) is 5.92 Å². The van der Waals surface area contributed by atoms with Crippen LogP contribution in [0.3, 0.4) is 0 Å². The van der Waals surface area contributed by atoms with Gasteiger partial charge in [0.05, 0.1) is 50.5 Å². The van der Waals surface area contributed by atoms with Gasteiger partial charge in [0, 0.05) is 37.2 Å². The van der Waals surface area contributed by atoms with Gasteiger partial charge in [-0.15, -0.1) is 0 Å². The Labute approximate surface area is 280 Å². The van der Waals surface area contributed by atoms with E-state index in [-0.39, 0.29) is 43.3 Å². The highest BCUT2D eigenvalue weighted by molar-refractivity contribution is 6.05. The number of ether oxygens (including phenoxy) is 5. The molecule has 1 heterocycles. The standard InChI is InChI=1S/C36H43N3O9/c1-3-47-36-28(16-18-45-20-21-46-19-17-40)29(25-12-14-27(15-13-25)35(43)44-2)22-32(48-36)34(42)38-23-24-8-10-26(11-9-24)33(41)39-31-7-5-4-6-30(31)37/h4-15,22,28-29,36,40H,3,16-21,23,37H2,1-2H3,(H,38,42)(H,39,41). The van der Waals surface area contributed by atoms with Gasteiger partial charge in [0.1, 0.15) is 0 Å². The molecule has 0 bridgehead atoms. The average Bonchev–Trinajstić information content (AvgIpc) is 3.11. The summed E-state index contributed by atoms with van der Waals surface area (Å²) < 4.78 is 28.0. The van der Waals surface area contributed by atoms with E-state index in [9.17, 15) is 14.4 Å². The van der Waals surface area contributed by atoms with Crippen LogP contribution in [0.25, 0.3) is 0 Å². The number of benzene rings is 3. The first-order valence-electron chi connectivity index (χ1n) is 15.8. The molecule has 256 valence electrons. The lowest BCUT2D eigenvalue weighted by atomic mass is 9.81. The van der Waals surface area contributed by atoms with E-state index < -0.39 is 18.2 Å². The maximum absolute atomic E-state index is 13.4. The van der Waals surface area contributed by atoms with Crippen LogP contribution in [-0.4, -0.2) is 75.9 Å². The first-order valence-corrected chi connectivity index (χ1v) is 15.8. The molecule has 1 aliphatic heterocycles. The molecule has 5 N–H and O–H groups in total. The summed E-state index contributed by atoms with van der Waals surface area (Å²) in [5, 5.41) is 14.6. The molecule has 1 aliphatic rings. The number of anilines is 2. The quantitative estimate of drug-likeness (QED) is 0.0943. The Bertz CT molecular complexity index is 1530. The van der Waals surface area contributed by atoms with Crippen LogP contribution in [0.5, 0.6) is 0 Å². The highest BCUT2D eigenvalue weighted by Gasteiger charge is 2.38. The predicted octanol–water partition coefficient (Wildman–Crippen LogP) is 4.02. The third kappa shape index (κ3) is 10.1. The molecule has 0 spiro atoms. The van der Waals surface area contributed by atoms with Crippen LogP contribution in [0, 0.1) is 5.92 Å². The number of para-hydroxylation sites is 2. The van der Waals surface area contributed by atoms with Crippen molar-refractivity contribution in [1.29, 1.82) is 0 Å². The number of methoxy groups -OCH3 is 1. The van der Waals surface area contributed by atoms with Gasteiger partial charge in [0.25, 0.3) is 11.8 Å². The number of esters is 1. The summed E-state index contributed by atoms with van der Waals surface area (Å²) in [6, 6.07) is 20.9. The number of amides is 2. The maximum atomic E-state index is 13.4. The molecule has 0 radical (unpaired) electrons. The van der Waals surface area contributed by atoms with Crippen LogP contribution in [0.2, 0.25) is 0 Å². The third-order valence-electron chi connectivity index (χ3n) is 7.74. The lowest BCUT2D eigenvalue weighted by Gasteiger charge is -2.37. The van der Waals surface area contributed by atoms with E-state index in [0.717, 1.165) is 11.1 Å². The number of nitrogen functional groups attached to an aromatic ring is 1. The van der Waals surface area contributed by atoms with E-state index in [2.05, 4.69) is 10.6 Å². The lowest BCUT2D eigenvalue weighted by molar-refractivity contribution is -0.168. The van der Waals surface area contributed by atoms with Crippen molar-refractivity contribution < 1.29 is 43.2 Å². The SMILES string of the molecule is CCOC1OC(C(=O)NCc2ccc(C(=O)Nc3ccccc3N)cc2)=CC(c2ccc(C(=O)OC)cc2)C1CCOCCOCCO. The van der Waals surface area contributed by atoms with Crippen molar-refractivity contribution >= 4 is 29.2 Å². The van der Waals surface area contributed by atoms with Crippen molar-refractivity contribution in [2.75, 3.05) is 57.8 Å². The third-order valence-corrected chi connectivity index (χ3v) is 7.74. The first kappa shape index (κ1) is 36.1. The fourth-order valence-electron chi connectivity index (χ4n) is 5.23. The minimum Gasteiger partial charge on any atom is -0.465 e. The van der Waals surface area contributed by atoms with Gasteiger partial charge in [-0.05, 0) is 66.9 Å². The Morgan fingerprint density at radius 3 is 2.23 bits per heavy atom. The fraction of sp³-hybridized carbons (Fsp3) is 0.361. The van der Waals surface area contributed by atoms with Gasteiger partial charge in [0.2, 0.25) is 6.29 Å². The largest absolute Gasteiger partial charge is 0.465 e. The van der Waals surface area contributed by atoms with Crippen LogP contribution in [-0.2, 0) is 35.0 Å². The topological polar surface area (TPSA) is 168 Å². The van der Waals surface area contributed by atoms with E-state index >= 15 is 0 Å². The smallest absolute Gasteiger partial charge is 0.337 e. The summed E-state index contributed by atoms with van der Waals surface area (Å²) in [5.74, 6) is -1.57. The molecule has 12 heteroatoms. The zero-order valence-electron chi connectivity index (χ0n) is 27.2. The minimum absolute atomic E-state index is 0.0510. The molecule has 3 unspecified atom stereocenters. The molecule has 12 nitrogen and oxygen atoms in total. The molecule has 0 aliphatic carbocycles. The van der Waals surface area contributed by atoms with Crippen LogP contribution < -0.4 is 16.4 Å². The Morgan fingerprint density at radius 1 is 0.875 bits per heavy atom. The van der Waals surface area contributed by atoms with Crippen molar-refractivity contribution in [3.8, 4) is 0 Å². The molecule has 0 saturated heterocycles. The normalized spacial score (nSPS) is 17.1. The van der Waals surface area contributed by atoms with Gasteiger partial charge in [0.15, 0.2) is 5.76 Å². The van der Waals surface area contributed by atoms with Gasteiger partial charge >= 0.3 is 5.97 Å². The summed E-state index contributed by atoms with van der Waals surface area (Å²) in [6.45, 7) is 3.71. The summed E-state index contributed by atoms with van der Waals surface area (Å²) in [4.78, 5) is 38.2. The van der Waals surface area contributed by atoms with Crippen molar-refractivity contribution in [3.63, 3.8) is 0 Å². The van der Waals surface area contributed by atoms with Gasteiger partial charge < -0.3 is 45.2 Å². The van der Waals surface area contributed by atoms with Gasteiger partial charge in [-0.1, -0.05) is 36.4 Å². The van der Waals surface area contributed by atoms with Gasteiger partial charge in [-0.3, -0.25) is 9.59 Å². The maximum Gasteiger partial charge on any atom is 0.337 e. The Balaban J connectivity index is 1.46. The second-order valence-electron chi connectivity index (χ2n) is 10.9. The molecule has 48 heavy (non-hydrogen) atoms. The lowest BCUT2D eigenvalue weighted by Crippen LogP contribution is -2.39. The van der Waals surface area contributed by atoms with Crippen molar-refractivity contribution in [3.05, 3.63) is 107 Å². The summed E-state index contributed by atoms with van der Waals surface area (Å²) >= 11 is 0. The van der Waals surface area contributed by atoms with E-state index in [1.54, 1.807) is 66.7 Å². The number of rotatable bonds is 17. The molecular formula is C36H43N3O9. The average molecular weight is 662 g/mol. The zero-order valence-corrected chi connectivity index (χ0v) is 27.2. The van der Waals surface area contributed by atoms with Crippen LogP contribution in [0.15, 0.2) is 84.6 Å². The van der Waals surface area contributed by atoms with Gasteiger partial charge in [-0.25, -0.2) is 4.79 Å². The number of carbonyl (C=O) groups excluding carboxylic acids is 3. The predicted molar refractivity (Wildman–Crippen MR) is 179 cm³/mol. The molecule has 3 aromatic carbocycles. The molecule has 0 aromatic heterocycles. The number of allylic oxidation sites excluding steroid dienone is 1. The molecule has 2 amide bonds. The summed E-state index contributed by atoms with van der Waals surface area (Å²) in [5.41, 5.74) is 9.43. The fourth-order valence-corrected chi connectivity index (χ4v) is 5.23. The number of nitrogens with one attached hydrogen (secondary N) is 2. The highest BCUT2D eigenvalue weighted by Crippen LogP contribution is 2.39. The number of nitrogens with two attached hydrogens (primary N) is 1. The first-order chi connectivity index (χ1) is 23.3. The number of hydrogen-bond donors (Lipinski definition) is 4. The monoisotopic (exact) mass is 661 g/mol. The van der Waals surface area contributed by atoms with Gasteiger partial charge in [-0.2, -0.15) is 0 Å².